The Hall–Kier alpha value is -1.34. The Labute approximate surface area is 141 Å². The summed E-state index contributed by atoms with van der Waals surface area (Å²) in [6.07, 6.45) is 1.52. The van der Waals surface area contributed by atoms with E-state index in [0.717, 1.165) is 0 Å². The van der Waals surface area contributed by atoms with Gasteiger partial charge in [0.1, 0.15) is 0 Å². The first-order chi connectivity index (χ1) is 10.6. The standard InChI is InChI=1S/C16H20BClO5/c1-15(2)16(3,4)23-17(22-15)10(9-19)8-12-11(14(20)21)6-5-7-13(12)18/h5-8,19H,9H2,1-4H3,(H,20,21). The van der Waals surface area contributed by atoms with E-state index in [-0.39, 0.29) is 17.2 Å². The minimum atomic E-state index is -1.09. The molecule has 0 amide bonds. The van der Waals surface area contributed by atoms with Crippen LogP contribution < -0.4 is 0 Å². The molecule has 0 aromatic heterocycles. The van der Waals surface area contributed by atoms with E-state index in [1.165, 1.54) is 12.1 Å². The van der Waals surface area contributed by atoms with E-state index in [1.54, 1.807) is 12.1 Å². The average Bonchev–Trinajstić information content (AvgIpc) is 2.65. The number of hydrogen-bond donors (Lipinski definition) is 2. The smallest absolute Gasteiger partial charge is 0.478 e. The van der Waals surface area contributed by atoms with Gasteiger partial charge in [0.15, 0.2) is 0 Å². The van der Waals surface area contributed by atoms with Crippen LogP contribution in [-0.2, 0) is 9.31 Å². The topological polar surface area (TPSA) is 76.0 Å². The number of carbonyl (C=O) groups is 1. The summed E-state index contributed by atoms with van der Waals surface area (Å²) in [4.78, 5) is 11.4. The Kier molecular flexibility index (Phi) is 4.92. The maximum Gasteiger partial charge on any atom is 0.492 e. The normalized spacial score (nSPS) is 19.9. The monoisotopic (exact) mass is 338 g/mol. The van der Waals surface area contributed by atoms with Crippen molar-refractivity contribution in [1.29, 1.82) is 0 Å². The first kappa shape index (κ1) is 18.0. The zero-order valence-corrected chi connectivity index (χ0v) is 14.3. The number of carboxylic acids is 1. The van der Waals surface area contributed by atoms with Crippen LogP contribution in [0, 0.1) is 0 Å². The van der Waals surface area contributed by atoms with Gasteiger partial charge in [-0.3, -0.25) is 0 Å². The fourth-order valence-corrected chi connectivity index (χ4v) is 2.47. The van der Waals surface area contributed by atoms with Gasteiger partial charge >= 0.3 is 13.1 Å². The van der Waals surface area contributed by atoms with Crippen molar-refractivity contribution < 1.29 is 24.3 Å². The first-order valence-electron chi connectivity index (χ1n) is 7.28. The summed E-state index contributed by atoms with van der Waals surface area (Å²) in [7, 11) is -0.761. The first-order valence-corrected chi connectivity index (χ1v) is 7.65. The predicted molar refractivity (Wildman–Crippen MR) is 89.6 cm³/mol. The molecule has 124 valence electrons. The molecule has 1 saturated heterocycles. The molecule has 23 heavy (non-hydrogen) atoms. The molecule has 1 aliphatic rings. The van der Waals surface area contributed by atoms with Crippen molar-refractivity contribution in [2.24, 2.45) is 0 Å². The van der Waals surface area contributed by atoms with E-state index in [1.807, 2.05) is 27.7 Å². The maximum atomic E-state index is 11.4. The van der Waals surface area contributed by atoms with Crippen LogP contribution in [0.5, 0.6) is 0 Å². The summed E-state index contributed by atoms with van der Waals surface area (Å²) >= 11 is 6.12. The van der Waals surface area contributed by atoms with Gasteiger partial charge in [0.25, 0.3) is 0 Å². The summed E-state index contributed by atoms with van der Waals surface area (Å²) in [5.41, 5.74) is -0.316. The lowest BCUT2D eigenvalue weighted by atomic mass is 9.77. The zero-order valence-electron chi connectivity index (χ0n) is 13.6. The summed E-state index contributed by atoms with van der Waals surface area (Å²) in [6.45, 7) is 7.28. The summed E-state index contributed by atoms with van der Waals surface area (Å²) in [5.74, 6) is -1.09. The lowest BCUT2D eigenvalue weighted by Crippen LogP contribution is -2.41. The highest BCUT2D eigenvalue weighted by Gasteiger charge is 2.52. The SMILES string of the molecule is CC1(C)OB(C(=Cc2c(Cl)cccc2C(=O)O)CO)OC1(C)C. The zero-order chi connectivity index (χ0) is 17.4. The van der Waals surface area contributed by atoms with Gasteiger partial charge in [0.05, 0.1) is 23.4 Å². The van der Waals surface area contributed by atoms with Gasteiger partial charge in [-0.25, -0.2) is 4.79 Å². The molecule has 0 aliphatic carbocycles. The predicted octanol–water partition coefficient (Wildman–Crippen LogP) is 3.05. The van der Waals surface area contributed by atoms with Gasteiger partial charge in [-0.15, -0.1) is 0 Å². The Morgan fingerprint density at radius 3 is 2.30 bits per heavy atom. The van der Waals surface area contributed by atoms with Crippen molar-refractivity contribution >= 4 is 30.8 Å². The molecule has 0 unspecified atom stereocenters. The van der Waals surface area contributed by atoms with Gasteiger partial charge in [-0.05, 0) is 45.3 Å². The van der Waals surface area contributed by atoms with Crippen LogP contribution in [0.25, 0.3) is 6.08 Å². The van der Waals surface area contributed by atoms with Crippen molar-refractivity contribution in [2.75, 3.05) is 6.61 Å². The Morgan fingerprint density at radius 1 is 1.26 bits per heavy atom. The van der Waals surface area contributed by atoms with Crippen molar-refractivity contribution in [2.45, 2.75) is 38.9 Å². The number of aromatic carboxylic acids is 1. The third-order valence-electron chi connectivity index (χ3n) is 4.35. The number of halogens is 1. The van der Waals surface area contributed by atoms with Gasteiger partial charge < -0.3 is 19.5 Å². The largest absolute Gasteiger partial charge is 0.492 e. The molecule has 2 rings (SSSR count). The molecule has 2 N–H and O–H groups in total. The highest BCUT2D eigenvalue weighted by molar-refractivity contribution is 6.56. The van der Waals surface area contributed by atoms with E-state index < -0.39 is 24.3 Å². The summed E-state index contributed by atoms with van der Waals surface area (Å²) in [5, 5.41) is 19.3. The van der Waals surface area contributed by atoms with Crippen LogP contribution in [0.4, 0.5) is 0 Å². The molecule has 0 atom stereocenters. The molecule has 1 fully saturated rings. The van der Waals surface area contributed by atoms with Crippen molar-refractivity contribution in [1.82, 2.24) is 0 Å². The Bertz CT molecular complexity index is 638. The summed E-state index contributed by atoms with van der Waals surface area (Å²) in [6, 6.07) is 4.62. The lowest BCUT2D eigenvalue weighted by molar-refractivity contribution is 0.00578. The van der Waals surface area contributed by atoms with E-state index in [2.05, 4.69) is 0 Å². The third kappa shape index (κ3) is 3.45. The number of aliphatic hydroxyl groups excluding tert-OH is 1. The number of hydrogen-bond acceptors (Lipinski definition) is 4. The van der Waals surface area contributed by atoms with E-state index in [4.69, 9.17) is 20.9 Å². The van der Waals surface area contributed by atoms with Crippen LogP contribution in [0.15, 0.2) is 23.7 Å². The van der Waals surface area contributed by atoms with E-state index in [9.17, 15) is 15.0 Å². The molecule has 1 aliphatic heterocycles. The van der Waals surface area contributed by atoms with Gasteiger partial charge in [-0.2, -0.15) is 0 Å². The maximum absolute atomic E-state index is 11.4. The second kappa shape index (κ2) is 6.28. The minimum Gasteiger partial charge on any atom is -0.478 e. The van der Waals surface area contributed by atoms with Gasteiger partial charge in [0, 0.05) is 10.6 Å². The second-order valence-electron chi connectivity index (χ2n) is 6.47. The molecule has 1 heterocycles. The Morgan fingerprint density at radius 2 is 1.83 bits per heavy atom. The molecule has 5 nitrogen and oxygen atoms in total. The second-order valence-corrected chi connectivity index (χ2v) is 6.88. The quantitative estimate of drug-likeness (QED) is 0.825. The molecule has 7 heteroatoms. The summed E-state index contributed by atoms with van der Waals surface area (Å²) < 4.78 is 11.8. The third-order valence-corrected chi connectivity index (χ3v) is 4.68. The van der Waals surface area contributed by atoms with Crippen molar-refractivity contribution in [3.8, 4) is 0 Å². The van der Waals surface area contributed by atoms with Crippen molar-refractivity contribution in [3.05, 3.63) is 39.8 Å². The Balaban J connectivity index is 2.44. The fourth-order valence-electron chi connectivity index (χ4n) is 2.24. The fraction of sp³-hybridized carbons (Fsp3) is 0.438. The van der Waals surface area contributed by atoms with Gasteiger partial charge in [0.2, 0.25) is 0 Å². The van der Waals surface area contributed by atoms with Crippen LogP contribution in [0.3, 0.4) is 0 Å². The van der Waals surface area contributed by atoms with E-state index >= 15 is 0 Å². The lowest BCUT2D eigenvalue weighted by Gasteiger charge is -2.32. The molecular formula is C16H20BClO5. The highest BCUT2D eigenvalue weighted by Crippen LogP contribution is 2.39. The molecule has 0 radical (unpaired) electrons. The van der Waals surface area contributed by atoms with Crippen LogP contribution in [-0.4, -0.2) is 41.1 Å². The minimum absolute atomic E-state index is 0.0555. The number of aliphatic hydroxyl groups is 1. The number of carboxylic acid groups (broad SMARTS) is 1. The van der Waals surface area contributed by atoms with Gasteiger partial charge in [-0.1, -0.05) is 23.7 Å². The molecular weight excluding hydrogens is 318 g/mol. The average molecular weight is 339 g/mol. The number of rotatable bonds is 4. The molecule has 1 aromatic rings. The van der Waals surface area contributed by atoms with Crippen molar-refractivity contribution in [3.63, 3.8) is 0 Å². The molecule has 0 saturated carbocycles. The highest BCUT2D eigenvalue weighted by atomic mass is 35.5. The van der Waals surface area contributed by atoms with Crippen LogP contribution in [0.2, 0.25) is 5.02 Å². The number of benzene rings is 1. The molecule has 1 aromatic carbocycles. The van der Waals surface area contributed by atoms with Crippen LogP contribution in [0.1, 0.15) is 43.6 Å². The van der Waals surface area contributed by atoms with E-state index in [0.29, 0.717) is 11.0 Å². The molecule has 0 spiro atoms. The van der Waals surface area contributed by atoms with Crippen LogP contribution >= 0.6 is 11.6 Å². The molecule has 0 bridgehead atoms.